The van der Waals surface area contributed by atoms with Gasteiger partial charge in [0.15, 0.2) is 0 Å². The van der Waals surface area contributed by atoms with Gasteiger partial charge in [-0.2, -0.15) is 0 Å². The van der Waals surface area contributed by atoms with E-state index in [1.807, 2.05) is 24.3 Å². The predicted octanol–water partition coefficient (Wildman–Crippen LogP) is 1.64. The van der Waals surface area contributed by atoms with E-state index >= 15 is 0 Å². The molecule has 0 bridgehead atoms. The second kappa shape index (κ2) is 3.62. The molecule has 2 aromatic rings. The van der Waals surface area contributed by atoms with E-state index in [-0.39, 0.29) is 0 Å². The number of fused-ring (bicyclic) bond motifs is 1. The van der Waals surface area contributed by atoms with E-state index in [1.54, 1.807) is 4.57 Å². The molecular formula is C9H9N2O3P. The Morgan fingerprint density at radius 3 is 2.80 bits per heavy atom. The SMILES string of the molecule is O=P(O)(O)C=Cn1cnc2ccccc21. The number of benzene rings is 1. The molecule has 0 aliphatic rings. The van der Waals surface area contributed by atoms with Gasteiger partial charge < -0.3 is 14.4 Å². The Morgan fingerprint density at radius 1 is 1.33 bits per heavy atom. The molecule has 5 nitrogen and oxygen atoms in total. The highest BCUT2D eigenvalue weighted by Gasteiger charge is 2.06. The van der Waals surface area contributed by atoms with Crippen LogP contribution in [0.5, 0.6) is 0 Å². The van der Waals surface area contributed by atoms with Crippen LogP contribution in [0.25, 0.3) is 17.2 Å². The summed E-state index contributed by atoms with van der Waals surface area (Å²) >= 11 is 0. The van der Waals surface area contributed by atoms with E-state index in [0.29, 0.717) is 0 Å². The zero-order chi connectivity index (χ0) is 10.9. The maximum atomic E-state index is 10.6. The maximum Gasteiger partial charge on any atom is 0.350 e. The van der Waals surface area contributed by atoms with Crippen molar-refractivity contribution in [2.75, 3.05) is 0 Å². The van der Waals surface area contributed by atoms with Crippen LogP contribution in [0.2, 0.25) is 0 Å². The van der Waals surface area contributed by atoms with Crippen LogP contribution in [-0.2, 0) is 4.57 Å². The first-order valence-corrected chi connectivity index (χ1v) is 5.90. The molecule has 0 radical (unpaired) electrons. The van der Waals surface area contributed by atoms with Gasteiger partial charge in [-0.25, -0.2) is 4.98 Å². The van der Waals surface area contributed by atoms with Gasteiger partial charge in [0.25, 0.3) is 0 Å². The van der Waals surface area contributed by atoms with Crippen molar-refractivity contribution < 1.29 is 14.4 Å². The van der Waals surface area contributed by atoms with Crippen LogP contribution >= 0.6 is 7.60 Å². The van der Waals surface area contributed by atoms with Crippen molar-refractivity contribution in [1.82, 2.24) is 9.55 Å². The first kappa shape index (κ1) is 10.1. The summed E-state index contributed by atoms with van der Waals surface area (Å²) < 4.78 is 12.2. The number of imidazole rings is 1. The number of hydrogen-bond donors (Lipinski definition) is 2. The van der Waals surface area contributed by atoms with E-state index < -0.39 is 7.60 Å². The number of nitrogens with zero attached hydrogens (tertiary/aromatic N) is 2. The molecule has 1 aromatic heterocycles. The zero-order valence-electron chi connectivity index (χ0n) is 7.69. The van der Waals surface area contributed by atoms with Gasteiger partial charge >= 0.3 is 7.60 Å². The molecule has 1 heterocycles. The van der Waals surface area contributed by atoms with Crippen molar-refractivity contribution in [3.8, 4) is 0 Å². The molecule has 0 saturated heterocycles. The van der Waals surface area contributed by atoms with Gasteiger partial charge in [0.05, 0.1) is 17.4 Å². The lowest BCUT2D eigenvalue weighted by molar-refractivity contribution is 0.386. The number of rotatable bonds is 2. The lowest BCUT2D eigenvalue weighted by Gasteiger charge is -1.97. The Morgan fingerprint density at radius 2 is 2.07 bits per heavy atom. The lowest BCUT2D eigenvalue weighted by Crippen LogP contribution is -1.82. The molecule has 0 unspecified atom stereocenters. The van der Waals surface area contributed by atoms with Crippen LogP contribution in [-0.4, -0.2) is 19.3 Å². The fraction of sp³-hybridized carbons (Fsp3) is 0. The predicted molar refractivity (Wildman–Crippen MR) is 57.1 cm³/mol. The van der Waals surface area contributed by atoms with E-state index in [4.69, 9.17) is 9.79 Å². The van der Waals surface area contributed by atoms with Crippen molar-refractivity contribution in [2.45, 2.75) is 0 Å². The minimum absolute atomic E-state index is 0.785. The summed E-state index contributed by atoms with van der Waals surface area (Å²) in [6.07, 6.45) is 2.83. The Bertz CT molecular complexity index is 555. The molecule has 0 spiro atoms. The third-order valence-electron chi connectivity index (χ3n) is 1.90. The normalized spacial score (nSPS) is 12.7. The highest BCUT2D eigenvalue weighted by Crippen LogP contribution is 2.36. The van der Waals surface area contributed by atoms with Gasteiger partial charge in [0, 0.05) is 12.0 Å². The fourth-order valence-corrected chi connectivity index (χ4v) is 1.57. The Labute approximate surface area is 85.8 Å². The summed E-state index contributed by atoms with van der Waals surface area (Å²) in [6, 6.07) is 7.35. The molecule has 1 aromatic carbocycles. The molecule has 0 aliphatic carbocycles. The molecule has 0 atom stereocenters. The largest absolute Gasteiger partial charge is 0.350 e. The summed E-state index contributed by atoms with van der Waals surface area (Å²) in [7, 11) is -4.11. The average molecular weight is 224 g/mol. The maximum absolute atomic E-state index is 10.6. The first-order valence-electron chi connectivity index (χ1n) is 4.22. The number of aromatic nitrogens is 2. The quantitative estimate of drug-likeness (QED) is 0.760. The van der Waals surface area contributed by atoms with E-state index in [0.717, 1.165) is 16.9 Å². The highest BCUT2D eigenvalue weighted by atomic mass is 31.2. The van der Waals surface area contributed by atoms with Crippen LogP contribution < -0.4 is 0 Å². The Kier molecular flexibility index (Phi) is 2.44. The van der Waals surface area contributed by atoms with Gasteiger partial charge in [0.2, 0.25) is 0 Å². The second-order valence-corrected chi connectivity index (χ2v) is 4.50. The van der Waals surface area contributed by atoms with Gasteiger partial charge in [-0.3, -0.25) is 4.57 Å². The van der Waals surface area contributed by atoms with Crippen LogP contribution in [0, 0.1) is 0 Å². The van der Waals surface area contributed by atoms with Crippen molar-refractivity contribution in [3.05, 3.63) is 36.4 Å². The number of hydrogen-bond acceptors (Lipinski definition) is 2. The van der Waals surface area contributed by atoms with Crippen LogP contribution in [0.4, 0.5) is 0 Å². The topological polar surface area (TPSA) is 75.3 Å². The zero-order valence-corrected chi connectivity index (χ0v) is 8.58. The van der Waals surface area contributed by atoms with Gasteiger partial charge in [-0.15, -0.1) is 0 Å². The fourth-order valence-electron chi connectivity index (χ4n) is 1.26. The minimum Gasteiger partial charge on any atom is -0.321 e. The van der Waals surface area contributed by atoms with Crippen molar-refractivity contribution >= 4 is 24.8 Å². The van der Waals surface area contributed by atoms with E-state index in [2.05, 4.69) is 4.98 Å². The summed E-state index contributed by atoms with van der Waals surface area (Å²) in [6.45, 7) is 0. The average Bonchev–Trinajstić information content (AvgIpc) is 2.57. The molecular weight excluding hydrogens is 215 g/mol. The van der Waals surface area contributed by atoms with E-state index in [1.165, 1.54) is 12.5 Å². The molecule has 6 heteroatoms. The molecule has 0 amide bonds. The summed E-state index contributed by atoms with van der Waals surface area (Å²) in [5.41, 5.74) is 1.59. The van der Waals surface area contributed by atoms with Gasteiger partial charge in [-0.05, 0) is 12.1 Å². The highest BCUT2D eigenvalue weighted by molar-refractivity contribution is 7.55. The molecule has 0 saturated carbocycles. The summed E-state index contributed by atoms with van der Waals surface area (Å²) in [4.78, 5) is 21.4. The molecule has 0 fully saturated rings. The van der Waals surface area contributed by atoms with Gasteiger partial charge in [0.1, 0.15) is 0 Å². The smallest absolute Gasteiger partial charge is 0.321 e. The molecule has 2 N–H and O–H groups in total. The molecule has 0 aliphatic heterocycles. The minimum atomic E-state index is -4.11. The van der Waals surface area contributed by atoms with E-state index in [9.17, 15) is 4.57 Å². The monoisotopic (exact) mass is 224 g/mol. The van der Waals surface area contributed by atoms with Crippen molar-refractivity contribution in [1.29, 1.82) is 0 Å². The Balaban J connectivity index is 2.45. The molecule has 2 rings (SSSR count). The first-order chi connectivity index (χ1) is 7.06. The summed E-state index contributed by atoms with van der Waals surface area (Å²) in [5, 5.41) is 0. The third-order valence-corrected chi connectivity index (χ3v) is 2.42. The van der Waals surface area contributed by atoms with Crippen molar-refractivity contribution in [2.24, 2.45) is 0 Å². The van der Waals surface area contributed by atoms with Gasteiger partial charge in [-0.1, -0.05) is 12.1 Å². The third kappa shape index (κ3) is 2.33. The number of para-hydroxylation sites is 2. The molecule has 15 heavy (non-hydrogen) atoms. The van der Waals surface area contributed by atoms with Crippen LogP contribution in [0.15, 0.2) is 36.4 Å². The van der Waals surface area contributed by atoms with Crippen LogP contribution in [0.3, 0.4) is 0 Å². The standard InChI is InChI=1S/C9H9N2O3P/c12-15(13,14)6-5-11-7-10-8-3-1-2-4-9(8)11/h1-7H,(H2,12,13,14). The summed E-state index contributed by atoms with van der Waals surface area (Å²) in [5.74, 6) is 0.848. The lowest BCUT2D eigenvalue weighted by atomic mass is 10.3. The van der Waals surface area contributed by atoms with Crippen LogP contribution in [0.1, 0.15) is 0 Å². The second-order valence-electron chi connectivity index (χ2n) is 3.03. The molecule has 78 valence electrons. The van der Waals surface area contributed by atoms with Crippen molar-refractivity contribution in [3.63, 3.8) is 0 Å². The Hall–Kier alpha value is -1.42.